The first kappa shape index (κ1) is 17.3. The van der Waals surface area contributed by atoms with Crippen molar-refractivity contribution < 1.29 is 9.59 Å². The summed E-state index contributed by atoms with van der Waals surface area (Å²) in [4.78, 5) is 24.0. The molecule has 132 valence electrons. The zero-order chi connectivity index (χ0) is 18.5. The summed E-state index contributed by atoms with van der Waals surface area (Å²) in [6, 6.07) is 14.8. The normalized spacial score (nSPS) is 10.4. The summed E-state index contributed by atoms with van der Waals surface area (Å²) in [5.41, 5.74) is 3.52. The van der Waals surface area contributed by atoms with Gasteiger partial charge in [-0.05, 0) is 30.7 Å². The summed E-state index contributed by atoms with van der Waals surface area (Å²) in [5.74, 6) is -0.346. The van der Waals surface area contributed by atoms with Crippen molar-refractivity contribution in [1.29, 1.82) is 0 Å². The van der Waals surface area contributed by atoms with Gasteiger partial charge in [0.1, 0.15) is 12.2 Å². The van der Waals surface area contributed by atoms with E-state index in [9.17, 15) is 9.59 Å². The summed E-state index contributed by atoms with van der Waals surface area (Å²) in [5, 5.41) is 13.5. The molecule has 0 aliphatic rings. The lowest BCUT2D eigenvalue weighted by molar-refractivity contribution is -0.121. The number of hydrogen-bond donors (Lipinski definition) is 2. The van der Waals surface area contributed by atoms with Gasteiger partial charge in [0, 0.05) is 23.9 Å². The minimum absolute atomic E-state index is 0.0940. The number of benzene rings is 2. The van der Waals surface area contributed by atoms with Gasteiger partial charge in [0.25, 0.3) is 5.91 Å². The Hall–Kier alpha value is -3.48. The Kier molecular flexibility index (Phi) is 5.07. The van der Waals surface area contributed by atoms with Gasteiger partial charge in [-0.1, -0.05) is 35.5 Å². The van der Waals surface area contributed by atoms with Crippen molar-refractivity contribution in [3.05, 3.63) is 65.9 Å². The molecule has 1 heterocycles. The van der Waals surface area contributed by atoms with Gasteiger partial charge in [-0.2, -0.15) is 0 Å². The predicted octanol–water partition coefficient (Wildman–Crippen LogP) is 2.25. The zero-order valence-electron chi connectivity index (χ0n) is 14.6. The topological polar surface area (TPSA) is 88.9 Å². The fraction of sp³-hybridized carbons (Fsp3) is 0.158. The number of carbonyl (C=O) groups is 2. The molecule has 0 spiro atoms. The molecule has 0 saturated carbocycles. The van der Waals surface area contributed by atoms with E-state index in [-0.39, 0.29) is 18.4 Å². The molecule has 0 saturated heterocycles. The Morgan fingerprint density at radius 1 is 1.12 bits per heavy atom. The van der Waals surface area contributed by atoms with Crippen molar-refractivity contribution in [2.24, 2.45) is 0 Å². The van der Waals surface area contributed by atoms with Crippen LogP contribution in [-0.4, -0.2) is 33.9 Å². The zero-order valence-corrected chi connectivity index (χ0v) is 14.6. The highest BCUT2D eigenvalue weighted by molar-refractivity contribution is 6.05. The number of amides is 2. The maximum absolute atomic E-state index is 12.6. The van der Waals surface area contributed by atoms with Gasteiger partial charge in [-0.25, -0.2) is 4.68 Å². The fourth-order valence-corrected chi connectivity index (χ4v) is 2.48. The first-order valence-electron chi connectivity index (χ1n) is 8.15. The molecule has 0 aliphatic heterocycles. The molecule has 7 nitrogen and oxygen atoms in total. The molecule has 0 atom stereocenters. The van der Waals surface area contributed by atoms with Crippen LogP contribution in [0.2, 0.25) is 0 Å². The molecule has 26 heavy (non-hydrogen) atoms. The number of nitrogens with one attached hydrogen (secondary N) is 2. The van der Waals surface area contributed by atoms with Crippen molar-refractivity contribution in [2.75, 3.05) is 12.4 Å². The van der Waals surface area contributed by atoms with E-state index in [1.54, 1.807) is 19.3 Å². The van der Waals surface area contributed by atoms with Crippen LogP contribution in [0.25, 0.3) is 11.3 Å². The van der Waals surface area contributed by atoms with E-state index >= 15 is 0 Å². The number of aryl methyl sites for hydroxylation is 1. The predicted molar refractivity (Wildman–Crippen MR) is 98.7 cm³/mol. The number of likely N-dealkylation sites (N-methyl/N-ethyl adjacent to an activating group) is 1. The van der Waals surface area contributed by atoms with E-state index in [0.29, 0.717) is 11.3 Å². The third-order valence-electron chi connectivity index (χ3n) is 3.93. The second-order valence-corrected chi connectivity index (χ2v) is 5.82. The molecule has 0 fully saturated rings. The summed E-state index contributed by atoms with van der Waals surface area (Å²) in [7, 11) is 1.57. The molecule has 3 rings (SSSR count). The molecule has 2 amide bonds. The van der Waals surface area contributed by atoms with Crippen LogP contribution in [0.5, 0.6) is 0 Å². The van der Waals surface area contributed by atoms with Crippen molar-refractivity contribution in [3.63, 3.8) is 0 Å². The highest BCUT2D eigenvalue weighted by Crippen LogP contribution is 2.21. The third kappa shape index (κ3) is 3.94. The van der Waals surface area contributed by atoms with E-state index < -0.39 is 0 Å². The highest BCUT2D eigenvalue weighted by atomic mass is 16.2. The van der Waals surface area contributed by atoms with Gasteiger partial charge >= 0.3 is 0 Å². The lowest BCUT2D eigenvalue weighted by Crippen LogP contribution is -2.23. The number of carbonyl (C=O) groups excluding carboxylic acids is 2. The summed E-state index contributed by atoms with van der Waals surface area (Å²) < 4.78 is 1.46. The Morgan fingerprint density at radius 3 is 2.62 bits per heavy atom. The number of nitrogens with zero attached hydrogens (tertiary/aromatic N) is 3. The van der Waals surface area contributed by atoms with Crippen molar-refractivity contribution in [1.82, 2.24) is 20.3 Å². The minimum Gasteiger partial charge on any atom is -0.358 e. The molecule has 7 heteroatoms. The molecule has 0 aliphatic carbocycles. The highest BCUT2D eigenvalue weighted by Gasteiger charge is 2.13. The molecule has 1 aromatic heterocycles. The maximum atomic E-state index is 12.6. The average Bonchev–Trinajstić information content (AvgIpc) is 3.11. The van der Waals surface area contributed by atoms with Crippen LogP contribution in [0.15, 0.2) is 54.7 Å². The molecule has 0 radical (unpaired) electrons. The molecule has 2 N–H and O–H groups in total. The van der Waals surface area contributed by atoms with Crippen LogP contribution in [-0.2, 0) is 11.3 Å². The molecular formula is C19H19N5O2. The Balaban J connectivity index is 1.83. The van der Waals surface area contributed by atoms with Crippen molar-refractivity contribution in [3.8, 4) is 11.3 Å². The van der Waals surface area contributed by atoms with Gasteiger partial charge in [-0.3, -0.25) is 9.59 Å². The SMILES string of the molecule is CNC(=O)Cn1cc(-c2ccc(C)c(C(=O)Nc3ccccc3)c2)nn1. The average molecular weight is 349 g/mol. The van der Waals surface area contributed by atoms with Crippen LogP contribution in [0.3, 0.4) is 0 Å². The van der Waals surface area contributed by atoms with E-state index in [1.165, 1.54) is 4.68 Å². The first-order chi connectivity index (χ1) is 12.6. The van der Waals surface area contributed by atoms with Gasteiger partial charge in [0.15, 0.2) is 0 Å². The first-order valence-corrected chi connectivity index (χ1v) is 8.15. The summed E-state index contributed by atoms with van der Waals surface area (Å²) in [6.45, 7) is 1.98. The number of rotatable bonds is 5. The Morgan fingerprint density at radius 2 is 1.88 bits per heavy atom. The summed E-state index contributed by atoms with van der Waals surface area (Å²) >= 11 is 0. The molecule has 0 bridgehead atoms. The summed E-state index contributed by atoms with van der Waals surface area (Å²) in [6.07, 6.45) is 1.68. The minimum atomic E-state index is -0.187. The second kappa shape index (κ2) is 7.60. The maximum Gasteiger partial charge on any atom is 0.255 e. The van der Waals surface area contributed by atoms with Gasteiger partial charge in [0.2, 0.25) is 5.91 Å². The molecular weight excluding hydrogens is 330 g/mol. The Bertz CT molecular complexity index is 934. The van der Waals surface area contributed by atoms with Crippen molar-refractivity contribution >= 4 is 17.5 Å². The van der Waals surface area contributed by atoms with Crippen LogP contribution >= 0.6 is 0 Å². The van der Waals surface area contributed by atoms with E-state index in [0.717, 1.165) is 16.8 Å². The van der Waals surface area contributed by atoms with Gasteiger partial charge in [-0.15, -0.1) is 5.10 Å². The molecule has 3 aromatic rings. The second-order valence-electron chi connectivity index (χ2n) is 5.82. The van der Waals surface area contributed by atoms with Crippen molar-refractivity contribution in [2.45, 2.75) is 13.5 Å². The third-order valence-corrected chi connectivity index (χ3v) is 3.93. The lowest BCUT2D eigenvalue weighted by Gasteiger charge is -2.09. The lowest BCUT2D eigenvalue weighted by atomic mass is 10.0. The number of anilines is 1. The van der Waals surface area contributed by atoms with Crippen LogP contribution in [0.1, 0.15) is 15.9 Å². The smallest absolute Gasteiger partial charge is 0.255 e. The van der Waals surface area contributed by atoms with Gasteiger partial charge < -0.3 is 10.6 Å². The number of para-hydroxylation sites is 1. The van der Waals surface area contributed by atoms with Gasteiger partial charge in [0.05, 0.1) is 6.20 Å². The number of hydrogen-bond acceptors (Lipinski definition) is 4. The quantitative estimate of drug-likeness (QED) is 0.739. The van der Waals surface area contributed by atoms with Crippen LogP contribution in [0.4, 0.5) is 5.69 Å². The molecule has 0 unspecified atom stereocenters. The van der Waals surface area contributed by atoms with Crippen LogP contribution < -0.4 is 10.6 Å². The number of aromatic nitrogens is 3. The largest absolute Gasteiger partial charge is 0.358 e. The van der Waals surface area contributed by atoms with E-state index in [1.807, 2.05) is 49.4 Å². The van der Waals surface area contributed by atoms with Crippen LogP contribution in [0, 0.1) is 6.92 Å². The fourth-order valence-electron chi connectivity index (χ4n) is 2.48. The monoisotopic (exact) mass is 349 g/mol. The Labute approximate surface area is 151 Å². The molecule has 2 aromatic carbocycles. The van der Waals surface area contributed by atoms with E-state index in [4.69, 9.17) is 0 Å². The standard InChI is InChI=1S/C19H19N5O2/c1-13-8-9-14(17-11-24(23-22-17)12-18(25)20-2)10-16(13)19(26)21-15-6-4-3-5-7-15/h3-11H,12H2,1-2H3,(H,20,25)(H,21,26). The van der Waals surface area contributed by atoms with E-state index in [2.05, 4.69) is 20.9 Å².